The van der Waals surface area contributed by atoms with Gasteiger partial charge in [-0.05, 0) is 25.0 Å². The predicted molar refractivity (Wildman–Crippen MR) is 77.3 cm³/mol. The van der Waals surface area contributed by atoms with Gasteiger partial charge in [-0.1, -0.05) is 6.07 Å². The Balaban J connectivity index is 1.55. The smallest absolute Gasteiger partial charge is 0.406 e. The normalized spacial score (nSPS) is 14.3. The number of hydrogen-bond acceptors (Lipinski definition) is 4. The van der Waals surface area contributed by atoms with Gasteiger partial charge in [0.25, 0.3) is 0 Å². The molecule has 0 atom stereocenters. The van der Waals surface area contributed by atoms with E-state index in [4.69, 9.17) is 0 Å². The number of urea groups is 1. The van der Waals surface area contributed by atoms with E-state index in [1.807, 2.05) is 4.57 Å². The van der Waals surface area contributed by atoms with E-state index in [0.29, 0.717) is 11.9 Å². The Labute approximate surface area is 134 Å². The van der Waals surface area contributed by atoms with E-state index in [9.17, 15) is 18.0 Å². The van der Waals surface area contributed by atoms with Gasteiger partial charge in [0.05, 0.1) is 6.54 Å². The predicted octanol–water partition coefficient (Wildman–Crippen LogP) is 2.83. The van der Waals surface area contributed by atoms with Crippen LogP contribution in [0.4, 0.5) is 23.7 Å². The number of halogens is 3. The van der Waals surface area contributed by atoms with Crippen LogP contribution in [0.5, 0.6) is 5.75 Å². The summed E-state index contributed by atoms with van der Waals surface area (Å²) in [5.74, 6) is 0.218. The van der Waals surface area contributed by atoms with Crippen LogP contribution in [0.25, 0.3) is 0 Å². The molecule has 0 radical (unpaired) electrons. The number of nitrogens with zero attached hydrogens (tertiary/aromatic N) is 3. The highest BCUT2D eigenvalue weighted by Crippen LogP contribution is 2.35. The monoisotopic (exact) mass is 341 g/mol. The van der Waals surface area contributed by atoms with Crippen molar-refractivity contribution in [3.63, 3.8) is 0 Å². The van der Waals surface area contributed by atoms with E-state index in [2.05, 4.69) is 25.6 Å². The highest BCUT2D eigenvalue weighted by atomic mass is 19.4. The average Bonchev–Trinajstić information content (AvgIpc) is 3.22. The van der Waals surface area contributed by atoms with Crippen molar-refractivity contribution < 1.29 is 22.7 Å². The third-order valence-corrected chi connectivity index (χ3v) is 3.32. The van der Waals surface area contributed by atoms with Gasteiger partial charge in [0.1, 0.15) is 12.1 Å². The zero-order valence-electron chi connectivity index (χ0n) is 12.4. The average molecular weight is 341 g/mol. The van der Waals surface area contributed by atoms with E-state index >= 15 is 0 Å². The Morgan fingerprint density at radius 2 is 2.17 bits per heavy atom. The van der Waals surface area contributed by atoms with Crippen molar-refractivity contribution in [1.29, 1.82) is 0 Å². The van der Waals surface area contributed by atoms with Crippen molar-refractivity contribution in [2.75, 3.05) is 5.32 Å². The maximum atomic E-state index is 12.2. The Morgan fingerprint density at radius 1 is 1.38 bits per heavy atom. The summed E-state index contributed by atoms with van der Waals surface area (Å²) < 4.78 is 42.3. The fourth-order valence-electron chi connectivity index (χ4n) is 2.16. The number of benzene rings is 1. The first-order valence-electron chi connectivity index (χ1n) is 7.20. The SMILES string of the molecule is O=C(NCc1nncn1C1CC1)Nc1cccc(OC(F)(F)F)c1. The molecule has 0 bridgehead atoms. The first-order chi connectivity index (χ1) is 11.4. The lowest BCUT2D eigenvalue weighted by molar-refractivity contribution is -0.274. The Bertz CT molecular complexity index is 727. The lowest BCUT2D eigenvalue weighted by Gasteiger charge is -2.11. The molecule has 2 N–H and O–H groups in total. The summed E-state index contributed by atoms with van der Waals surface area (Å²) in [4.78, 5) is 11.9. The summed E-state index contributed by atoms with van der Waals surface area (Å²) in [6.45, 7) is 0.168. The first-order valence-corrected chi connectivity index (χ1v) is 7.20. The van der Waals surface area contributed by atoms with Crippen LogP contribution < -0.4 is 15.4 Å². The zero-order chi connectivity index (χ0) is 17.2. The fourth-order valence-corrected chi connectivity index (χ4v) is 2.16. The number of anilines is 1. The minimum Gasteiger partial charge on any atom is -0.406 e. The maximum absolute atomic E-state index is 12.2. The van der Waals surface area contributed by atoms with Crippen LogP contribution in [0, 0.1) is 0 Å². The van der Waals surface area contributed by atoms with E-state index < -0.39 is 18.1 Å². The van der Waals surface area contributed by atoms with Gasteiger partial charge in [-0.25, -0.2) is 4.79 Å². The van der Waals surface area contributed by atoms with Gasteiger partial charge in [0.2, 0.25) is 0 Å². The number of carbonyl (C=O) groups excluding carboxylic acids is 1. The van der Waals surface area contributed by atoms with Gasteiger partial charge in [0.15, 0.2) is 5.82 Å². The number of hydrogen-bond donors (Lipinski definition) is 2. The number of ether oxygens (including phenoxy) is 1. The Morgan fingerprint density at radius 3 is 2.88 bits per heavy atom. The van der Waals surface area contributed by atoms with Gasteiger partial charge in [-0.15, -0.1) is 23.4 Å². The lowest BCUT2D eigenvalue weighted by Crippen LogP contribution is -2.29. The van der Waals surface area contributed by atoms with Crippen LogP contribution in [0.1, 0.15) is 24.7 Å². The first kappa shape index (κ1) is 16.1. The van der Waals surface area contributed by atoms with Gasteiger partial charge in [0, 0.05) is 17.8 Å². The molecular formula is C14H14F3N5O2. The molecule has 1 aromatic carbocycles. The number of alkyl halides is 3. The number of amides is 2. The second-order valence-corrected chi connectivity index (χ2v) is 5.27. The van der Waals surface area contributed by atoms with Crippen molar-refractivity contribution >= 4 is 11.7 Å². The molecule has 0 saturated heterocycles. The number of nitrogens with one attached hydrogen (secondary N) is 2. The summed E-state index contributed by atoms with van der Waals surface area (Å²) in [5, 5.41) is 12.8. The minimum atomic E-state index is -4.78. The molecule has 0 spiro atoms. The second kappa shape index (κ2) is 6.38. The molecular weight excluding hydrogens is 327 g/mol. The van der Waals surface area contributed by atoms with Crippen molar-refractivity contribution in [2.45, 2.75) is 31.8 Å². The second-order valence-electron chi connectivity index (χ2n) is 5.27. The zero-order valence-corrected chi connectivity index (χ0v) is 12.4. The fraction of sp³-hybridized carbons (Fsp3) is 0.357. The van der Waals surface area contributed by atoms with E-state index in [0.717, 1.165) is 25.0 Å². The Kier molecular flexibility index (Phi) is 4.28. The molecule has 24 heavy (non-hydrogen) atoms. The molecule has 7 nitrogen and oxygen atoms in total. The molecule has 0 unspecified atom stereocenters. The van der Waals surface area contributed by atoms with E-state index in [-0.39, 0.29) is 12.2 Å². The highest BCUT2D eigenvalue weighted by Gasteiger charge is 2.31. The summed E-state index contributed by atoms with van der Waals surface area (Å²) in [5.41, 5.74) is 0.179. The minimum absolute atomic E-state index is 0.168. The van der Waals surface area contributed by atoms with Gasteiger partial charge in [-0.3, -0.25) is 0 Å². The molecule has 128 valence electrons. The molecule has 1 aliphatic rings. The van der Waals surface area contributed by atoms with E-state index in [1.54, 1.807) is 6.33 Å². The van der Waals surface area contributed by atoms with Crippen LogP contribution in [0.3, 0.4) is 0 Å². The summed E-state index contributed by atoms with van der Waals surface area (Å²) >= 11 is 0. The lowest BCUT2D eigenvalue weighted by atomic mass is 10.3. The molecule has 1 fully saturated rings. The topological polar surface area (TPSA) is 81.1 Å². The largest absolute Gasteiger partial charge is 0.573 e. The van der Waals surface area contributed by atoms with Crippen molar-refractivity contribution in [2.24, 2.45) is 0 Å². The summed E-state index contributed by atoms with van der Waals surface area (Å²) in [7, 11) is 0. The molecule has 1 aromatic heterocycles. The van der Waals surface area contributed by atoms with Crippen molar-refractivity contribution in [3.8, 4) is 5.75 Å². The molecule has 0 aliphatic heterocycles. The van der Waals surface area contributed by atoms with Crippen LogP contribution >= 0.6 is 0 Å². The maximum Gasteiger partial charge on any atom is 0.573 e. The molecule has 10 heteroatoms. The van der Waals surface area contributed by atoms with Crippen LogP contribution in [-0.2, 0) is 6.54 Å². The molecule has 2 aromatic rings. The standard InChI is InChI=1S/C14H14F3N5O2/c15-14(16,17)24-11-3-1-2-9(6-11)20-13(23)18-7-12-21-19-8-22(12)10-4-5-10/h1-3,6,8,10H,4-5,7H2,(H2,18,20,23). The highest BCUT2D eigenvalue weighted by molar-refractivity contribution is 5.89. The Hall–Kier alpha value is -2.78. The quantitative estimate of drug-likeness (QED) is 0.876. The number of rotatable bonds is 5. The van der Waals surface area contributed by atoms with Gasteiger partial charge >= 0.3 is 12.4 Å². The molecule has 1 heterocycles. The van der Waals surface area contributed by atoms with Crippen molar-refractivity contribution in [1.82, 2.24) is 20.1 Å². The third kappa shape index (κ3) is 4.37. The number of carbonyl (C=O) groups is 1. The molecule has 2 amide bonds. The third-order valence-electron chi connectivity index (χ3n) is 3.32. The number of aromatic nitrogens is 3. The summed E-state index contributed by atoms with van der Waals surface area (Å²) in [6.07, 6.45) is -1.05. The van der Waals surface area contributed by atoms with Crippen molar-refractivity contribution in [3.05, 3.63) is 36.4 Å². The molecule has 1 saturated carbocycles. The summed E-state index contributed by atoms with van der Waals surface area (Å²) in [6, 6.07) is 4.85. The van der Waals surface area contributed by atoms with Crippen LogP contribution in [0.2, 0.25) is 0 Å². The molecule has 3 rings (SSSR count). The molecule has 1 aliphatic carbocycles. The van der Waals surface area contributed by atoms with Crippen LogP contribution in [-0.4, -0.2) is 27.2 Å². The van der Waals surface area contributed by atoms with Crippen LogP contribution in [0.15, 0.2) is 30.6 Å². The van der Waals surface area contributed by atoms with E-state index in [1.165, 1.54) is 12.1 Å². The van der Waals surface area contributed by atoms with Gasteiger partial charge < -0.3 is 19.9 Å². The van der Waals surface area contributed by atoms with Gasteiger partial charge in [-0.2, -0.15) is 0 Å².